The van der Waals surface area contributed by atoms with Crippen LogP contribution in [-0.2, 0) is 14.3 Å². The zero-order valence-electron chi connectivity index (χ0n) is 12.0. The molecule has 0 saturated carbocycles. The first-order valence-corrected chi connectivity index (χ1v) is 7.59. The monoisotopic (exact) mass is 266 g/mol. The van der Waals surface area contributed by atoms with Crippen molar-refractivity contribution in [2.75, 3.05) is 0 Å². The molecule has 0 amide bonds. The number of unbranched alkanes of at least 4 members (excludes halogenated alkanes) is 7. The van der Waals surface area contributed by atoms with Crippen LogP contribution in [-0.4, -0.2) is 11.9 Å². The van der Waals surface area contributed by atoms with E-state index in [1.54, 1.807) is 0 Å². The first-order chi connectivity index (χ1) is 9.24. The summed E-state index contributed by atoms with van der Waals surface area (Å²) in [4.78, 5) is 22.1. The van der Waals surface area contributed by atoms with E-state index in [0.29, 0.717) is 6.42 Å². The fraction of sp³-hybridized carbons (Fsp3) is 0.750. The van der Waals surface area contributed by atoms with E-state index in [0.717, 1.165) is 19.3 Å². The highest BCUT2D eigenvalue weighted by Crippen LogP contribution is 2.22. The molecule has 0 bridgehead atoms. The maximum Gasteiger partial charge on any atom is 0.317 e. The van der Waals surface area contributed by atoms with Gasteiger partial charge in [0.15, 0.2) is 0 Å². The molecular formula is C16H26O3. The summed E-state index contributed by atoms with van der Waals surface area (Å²) >= 11 is 0. The Morgan fingerprint density at radius 1 is 1.05 bits per heavy atom. The lowest BCUT2D eigenvalue weighted by atomic mass is 9.99. The van der Waals surface area contributed by atoms with E-state index in [4.69, 9.17) is 0 Å². The van der Waals surface area contributed by atoms with Gasteiger partial charge in [-0.05, 0) is 26.2 Å². The minimum Gasteiger partial charge on any atom is -0.393 e. The van der Waals surface area contributed by atoms with Crippen LogP contribution < -0.4 is 0 Å². The summed E-state index contributed by atoms with van der Waals surface area (Å²) in [6, 6.07) is 0. The number of allylic oxidation sites excluding steroid dienone is 2. The molecule has 0 aromatic rings. The number of rotatable bonds is 10. The Balaban J connectivity index is 1.86. The van der Waals surface area contributed by atoms with Crippen molar-refractivity contribution in [1.82, 2.24) is 0 Å². The van der Waals surface area contributed by atoms with Gasteiger partial charge in [0.25, 0.3) is 0 Å². The van der Waals surface area contributed by atoms with E-state index in [1.807, 2.05) is 0 Å². The van der Waals surface area contributed by atoms with E-state index < -0.39 is 0 Å². The lowest BCUT2D eigenvalue weighted by molar-refractivity contribution is -0.153. The molecule has 0 radical (unpaired) electrons. The summed E-state index contributed by atoms with van der Waals surface area (Å²) in [6.07, 6.45) is 15.3. The number of carbonyl (C=O) groups is 2. The molecule has 3 heteroatoms. The van der Waals surface area contributed by atoms with Crippen LogP contribution in [0.3, 0.4) is 0 Å². The van der Waals surface area contributed by atoms with E-state index in [-0.39, 0.29) is 17.9 Å². The van der Waals surface area contributed by atoms with Gasteiger partial charge < -0.3 is 4.74 Å². The molecule has 1 fully saturated rings. The Bertz CT molecular complexity index is 307. The van der Waals surface area contributed by atoms with Crippen molar-refractivity contribution < 1.29 is 14.3 Å². The number of cyclic esters (lactones) is 2. The van der Waals surface area contributed by atoms with Crippen molar-refractivity contribution in [2.45, 2.75) is 71.1 Å². The van der Waals surface area contributed by atoms with Gasteiger partial charge in [-0.25, -0.2) is 0 Å². The smallest absolute Gasteiger partial charge is 0.317 e. The average Bonchev–Trinajstić information content (AvgIpc) is 2.70. The van der Waals surface area contributed by atoms with Gasteiger partial charge in [-0.3, -0.25) is 9.59 Å². The molecule has 0 aromatic carbocycles. The highest BCUT2D eigenvalue weighted by molar-refractivity contribution is 5.94. The first kappa shape index (κ1) is 15.9. The van der Waals surface area contributed by atoms with Crippen LogP contribution in [0.15, 0.2) is 12.2 Å². The lowest BCUT2D eigenvalue weighted by Crippen LogP contribution is -2.06. The molecule has 0 unspecified atom stereocenters. The molecule has 0 spiro atoms. The summed E-state index contributed by atoms with van der Waals surface area (Å²) < 4.78 is 4.53. The van der Waals surface area contributed by atoms with Gasteiger partial charge in [0, 0.05) is 0 Å². The van der Waals surface area contributed by atoms with Crippen LogP contribution in [0.4, 0.5) is 0 Å². The molecule has 0 aromatic heterocycles. The average molecular weight is 266 g/mol. The van der Waals surface area contributed by atoms with E-state index >= 15 is 0 Å². The Hall–Kier alpha value is -1.12. The number of ether oxygens (including phenoxy) is 1. The first-order valence-electron chi connectivity index (χ1n) is 7.59. The van der Waals surface area contributed by atoms with Crippen LogP contribution in [0.1, 0.15) is 71.1 Å². The molecule has 1 saturated heterocycles. The number of hydrogen-bond acceptors (Lipinski definition) is 3. The quantitative estimate of drug-likeness (QED) is 0.258. The molecule has 1 aliphatic rings. The second-order valence-electron chi connectivity index (χ2n) is 5.32. The second kappa shape index (κ2) is 9.76. The number of hydrogen-bond donors (Lipinski definition) is 0. The molecular weight excluding hydrogens is 240 g/mol. The minimum absolute atomic E-state index is 0.159. The number of esters is 2. The van der Waals surface area contributed by atoms with Crippen molar-refractivity contribution in [1.29, 1.82) is 0 Å². The molecule has 1 aliphatic heterocycles. The normalized spacial score (nSPS) is 19.3. The molecule has 0 N–H and O–H groups in total. The van der Waals surface area contributed by atoms with E-state index in [2.05, 4.69) is 23.8 Å². The summed E-state index contributed by atoms with van der Waals surface area (Å²) in [5.74, 6) is -0.821. The van der Waals surface area contributed by atoms with Crippen LogP contribution in [0.2, 0.25) is 0 Å². The lowest BCUT2D eigenvalue weighted by Gasteiger charge is -2.04. The molecule has 108 valence electrons. The fourth-order valence-electron chi connectivity index (χ4n) is 2.45. The number of carbonyl (C=O) groups excluding carboxylic acids is 2. The van der Waals surface area contributed by atoms with E-state index in [1.165, 1.54) is 38.5 Å². The zero-order valence-corrected chi connectivity index (χ0v) is 12.0. The Morgan fingerprint density at radius 3 is 2.26 bits per heavy atom. The summed E-state index contributed by atoms with van der Waals surface area (Å²) in [7, 11) is 0. The second-order valence-corrected chi connectivity index (χ2v) is 5.32. The highest BCUT2D eigenvalue weighted by atomic mass is 16.6. The molecule has 1 atom stereocenters. The Kier molecular flexibility index (Phi) is 8.19. The predicted octanol–water partition coefficient (Wildman–Crippen LogP) is 4.16. The SMILES string of the molecule is C/C=C\CCCCCCCCC[C@H]1CC(=O)OC1=O. The largest absolute Gasteiger partial charge is 0.393 e. The topological polar surface area (TPSA) is 43.4 Å². The van der Waals surface area contributed by atoms with Crippen LogP contribution in [0.25, 0.3) is 0 Å². The third kappa shape index (κ3) is 7.14. The fourth-order valence-corrected chi connectivity index (χ4v) is 2.45. The van der Waals surface area contributed by atoms with Gasteiger partial charge in [0.1, 0.15) is 0 Å². The van der Waals surface area contributed by atoms with Gasteiger partial charge >= 0.3 is 11.9 Å². The summed E-state index contributed by atoms with van der Waals surface area (Å²) in [6.45, 7) is 2.06. The maximum atomic E-state index is 11.2. The van der Waals surface area contributed by atoms with Gasteiger partial charge in [-0.1, -0.05) is 50.7 Å². The Morgan fingerprint density at radius 2 is 1.68 bits per heavy atom. The van der Waals surface area contributed by atoms with Crippen molar-refractivity contribution in [3.63, 3.8) is 0 Å². The summed E-state index contributed by atoms with van der Waals surface area (Å²) in [5, 5.41) is 0. The summed E-state index contributed by atoms with van der Waals surface area (Å²) in [5.41, 5.74) is 0. The third-order valence-electron chi connectivity index (χ3n) is 3.62. The van der Waals surface area contributed by atoms with Crippen molar-refractivity contribution in [3.8, 4) is 0 Å². The van der Waals surface area contributed by atoms with Crippen LogP contribution in [0, 0.1) is 5.92 Å². The van der Waals surface area contributed by atoms with Gasteiger partial charge in [0.2, 0.25) is 0 Å². The zero-order chi connectivity index (χ0) is 13.9. The molecule has 19 heavy (non-hydrogen) atoms. The molecule has 0 aliphatic carbocycles. The highest BCUT2D eigenvalue weighted by Gasteiger charge is 2.32. The van der Waals surface area contributed by atoms with Crippen LogP contribution >= 0.6 is 0 Å². The maximum absolute atomic E-state index is 11.2. The predicted molar refractivity (Wildman–Crippen MR) is 75.6 cm³/mol. The third-order valence-corrected chi connectivity index (χ3v) is 3.62. The minimum atomic E-state index is -0.351. The van der Waals surface area contributed by atoms with E-state index in [9.17, 15) is 9.59 Å². The van der Waals surface area contributed by atoms with Crippen molar-refractivity contribution in [2.24, 2.45) is 5.92 Å². The van der Waals surface area contributed by atoms with Gasteiger partial charge in [-0.2, -0.15) is 0 Å². The van der Waals surface area contributed by atoms with Gasteiger partial charge in [-0.15, -0.1) is 0 Å². The van der Waals surface area contributed by atoms with Crippen LogP contribution in [0.5, 0.6) is 0 Å². The molecule has 3 nitrogen and oxygen atoms in total. The molecule has 1 heterocycles. The van der Waals surface area contributed by atoms with Crippen molar-refractivity contribution >= 4 is 11.9 Å². The Labute approximate surface area is 116 Å². The van der Waals surface area contributed by atoms with Gasteiger partial charge in [0.05, 0.1) is 12.3 Å². The molecule has 1 rings (SSSR count). The standard InChI is InChI=1S/C16H26O3/c1-2-3-4-5-6-7-8-9-10-11-12-14-13-15(17)19-16(14)18/h2-3,14H,4-13H2,1H3/b3-2-/t14-/m0/s1. The van der Waals surface area contributed by atoms with Crippen molar-refractivity contribution in [3.05, 3.63) is 12.2 Å².